The molecule has 0 saturated heterocycles. The number of amides is 1. The number of aromatic nitrogens is 1. The van der Waals surface area contributed by atoms with Crippen LogP contribution in [0.25, 0.3) is 11.0 Å². The molecule has 2 heterocycles. The van der Waals surface area contributed by atoms with Crippen molar-refractivity contribution in [2.24, 2.45) is 0 Å². The highest BCUT2D eigenvalue weighted by molar-refractivity contribution is 7.92. The quantitative estimate of drug-likeness (QED) is 0.527. The van der Waals surface area contributed by atoms with Gasteiger partial charge < -0.3 is 9.73 Å². The van der Waals surface area contributed by atoms with E-state index in [4.69, 9.17) is 4.42 Å². The van der Waals surface area contributed by atoms with Crippen molar-refractivity contribution < 1.29 is 26.4 Å². The molecule has 0 bridgehead atoms. The second-order valence-electron chi connectivity index (χ2n) is 7.91. The van der Waals surface area contributed by atoms with Gasteiger partial charge in [-0.3, -0.25) is 9.78 Å². The number of furan rings is 1. The summed E-state index contributed by atoms with van der Waals surface area (Å²) in [7, 11) is -3.69. The maximum Gasteiger partial charge on any atom is 0.287 e. The first-order valence-corrected chi connectivity index (χ1v) is 12.5. The number of alkyl halides is 2. The Morgan fingerprint density at radius 1 is 1.18 bits per heavy atom. The predicted octanol–water partition coefficient (Wildman–Crippen LogP) is 5.44. The molecule has 0 radical (unpaired) electrons. The molecule has 33 heavy (non-hydrogen) atoms. The van der Waals surface area contributed by atoms with Gasteiger partial charge in [0.1, 0.15) is 0 Å². The number of hydrogen-bond donors (Lipinski definition) is 1. The van der Waals surface area contributed by atoms with E-state index in [1.807, 2.05) is 13.8 Å². The fourth-order valence-electron chi connectivity index (χ4n) is 3.91. The number of benzene rings is 1. The lowest BCUT2D eigenvalue weighted by molar-refractivity contribution is -0.0328. The van der Waals surface area contributed by atoms with Gasteiger partial charge in [-0.2, -0.15) is 0 Å². The van der Waals surface area contributed by atoms with Gasteiger partial charge in [-0.05, 0) is 49.1 Å². The number of nitrogens with zero attached hydrogens (tertiary/aromatic N) is 1. The smallest absolute Gasteiger partial charge is 0.287 e. The lowest BCUT2D eigenvalue weighted by Gasteiger charge is -2.28. The van der Waals surface area contributed by atoms with Gasteiger partial charge in [-0.1, -0.05) is 26.0 Å². The lowest BCUT2D eigenvalue weighted by atomic mass is 9.96. The second kappa shape index (κ2) is 9.99. The number of sulfone groups is 1. The molecule has 3 aromatic rings. The van der Waals surface area contributed by atoms with Crippen molar-refractivity contribution in [3.8, 4) is 0 Å². The summed E-state index contributed by atoms with van der Waals surface area (Å²) in [6, 6.07) is 8.17. The topological polar surface area (TPSA) is 89.3 Å². The average molecular weight is 479 g/mol. The Morgan fingerprint density at radius 2 is 1.88 bits per heavy atom. The molecule has 178 valence electrons. The van der Waals surface area contributed by atoms with Crippen LogP contribution in [-0.4, -0.2) is 30.5 Å². The molecule has 1 amide bonds. The summed E-state index contributed by atoms with van der Waals surface area (Å²) in [6.45, 7) is 5.85. The molecule has 4 rings (SSSR count). The van der Waals surface area contributed by atoms with Gasteiger partial charge in [-0.25, -0.2) is 17.2 Å². The molecule has 2 aromatic heterocycles. The van der Waals surface area contributed by atoms with Gasteiger partial charge >= 0.3 is 0 Å². The van der Waals surface area contributed by atoms with Crippen LogP contribution in [-0.2, 0) is 16.4 Å². The van der Waals surface area contributed by atoms with Crippen molar-refractivity contribution in [2.45, 2.75) is 69.1 Å². The van der Waals surface area contributed by atoms with Crippen molar-refractivity contribution >= 4 is 26.7 Å². The average Bonchev–Trinajstić information content (AvgIpc) is 3.23. The van der Waals surface area contributed by atoms with E-state index >= 15 is 0 Å². The molecular formula is C24H28F2N2O4S. The van der Waals surface area contributed by atoms with Crippen molar-refractivity contribution in [3.05, 3.63) is 59.6 Å². The minimum absolute atomic E-state index is 0.0421. The van der Waals surface area contributed by atoms with Gasteiger partial charge in [0.2, 0.25) is 5.92 Å². The first kappa shape index (κ1) is 24.8. The summed E-state index contributed by atoms with van der Waals surface area (Å²) < 4.78 is 58.1. The number of pyridine rings is 1. The minimum Gasteiger partial charge on any atom is -0.449 e. The highest BCUT2D eigenvalue weighted by atomic mass is 32.2. The largest absolute Gasteiger partial charge is 0.449 e. The summed E-state index contributed by atoms with van der Waals surface area (Å²) >= 11 is 0. The van der Waals surface area contributed by atoms with Gasteiger partial charge in [-0.15, -0.1) is 0 Å². The fraction of sp³-hybridized carbons (Fsp3) is 0.417. The van der Waals surface area contributed by atoms with Crippen LogP contribution in [0.4, 0.5) is 8.78 Å². The van der Waals surface area contributed by atoms with Crippen molar-refractivity contribution in [2.75, 3.05) is 0 Å². The van der Waals surface area contributed by atoms with E-state index in [1.165, 1.54) is 12.3 Å². The Hall–Kier alpha value is -2.81. The summed E-state index contributed by atoms with van der Waals surface area (Å²) in [5.74, 6) is -3.01. The molecule has 1 fully saturated rings. The van der Waals surface area contributed by atoms with E-state index < -0.39 is 39.8 Å². The highest BCUT2D eigenvalue weighted by Crippen LogP contribution is 2.38. The molecule has 1 saturated carbocycles. The molecule has 9 heteroatoms. The number of carbonyl (C=O) groups is 1. The van der Waals surface area contributed by atoms with Gasteiger partial charge in [0.05, 0.1) is 16.3 Å². The van der Waals surface area contributed by atoms with Crippen molar-refractivity contribution in [1.29, 1.82) is 0 Å². The molecular weight excluding hydrogens is 450 g/mol. The fourth-order valence-corrected chi connectivity index (χ4v) is 5.89. The first-order valence-electron chi connectivity index (χ1n) is 11.0. The molecule has 0 unspecified atom stereocenters. The van der Waals surface area contributed by atoms with E-state index in [2.05, 4.69) is 10.3 Å². The minimum atomic E-state index is -3.69. The molecule has 0 spiro atoms. The van der Waals surface area contributed by atoms with E-state index in [9.17, 15) is 22.0 Å². The monoisotopic (exact) mass is 478 g/mol. The van der Waals surface area contributed by atoms with Crippen LogP contribution in [0.15, 0.2) is 52.0 Å². The number of fused-ring (bicyclic) bond motifs is 1. The zero-order valence-electron chi connectivity index (χ0n) is 18.9. The molecule has 1 aliphatic carbocycles. The number of rotatable bonds is 5. The van der Waals surface area contributed by atoms with E-state index in [-0.39, 0.29) is 30.0 Å². The maximum absolute atomic E-state index is 13.4. The predicted molar refractivity (Wildman–Crippen MR) is 122 cm³/mol. The Labute approximate surface area is 192 Å². The third-order valence-corrected chi connectivity index (χ3v) is 8.07. The SMILES string of the molecule is CC.Cc1cc(CNC(=O)c2cc3ccncc3o2)ccc1S(=O)(=O)C1CCC(F)(F)CC1. The lowest BCUT2D eigenvalue weighted by Crippen LogP contribution is -2.32. The number of nitrogens with one attached hydrogen (secondary N) is 1. The van der Waals surface area contributed by atoms with Gasteiger partial charge in [0.15, 0.2) is 21.2 Å². The van der Waals surface area contributed by atoms with Crippen LogP contribution in [0.3, 0.4) is 0 Å². The summed E-state index contributed by atoms with van der Waals surface area (Å²) in [4.78, 5) is 16.5. The Bertz CT molecular complexity index is 1200. The van der Waals surface area contributed by atoms with E-state index in [1.54, 1.807) is 37.4 Å². The summed E-state index contributed by atoms with van der Waals surface area (Å²) in [6.07, 6.45) is 2.24. The third kappa shape index (κ3) is 5.58. The Balaban J connectivity index is 0.00000149. The van der Waals surface area contributed by atoms with Crippen LogP contribution < -0.4 is 5.32 Å². The molecule has 6 nitrogen and oxygen atoms in total. The van der Waals surface area contributed by atoms with Gasteiger partial charge in [0.25, 0.3) is 5.91 Å². The molecule has 1 N–H and O–H groups in total. The second-order valence-corrected chi connectivity index (χ2v) is 10.1. The van der Waals surface area contributed by atoms with Crippen LogP contribution in [0.5, 0.6) is 0 Å². The number of aryl methyl sites for hydroxylation is 1. The molecule has 1 aromatic carbocycles. The first-order chi connectivity index (χ1) is 15.7. The number of hydrogen-bond acceptors (Lipinski definition) is 5. The van der Waals surface area contributed by atoms with Crippen molar-refractivity contribution in [1.82, 2.24) is 10.3 Å². The van der Waals surface area contributed by atoms with Crippen LogP contribution in [0.2, 0.25) is 0 Å². The Kier molecular flexibility index (Phi) is 7.51. The number of carbonyl (C=O) groups excluding carboxylic acids is 1. The third-order valence-electron chi connectivity index (χ3n) is 5.65. The van der Waals surface area contributed by atoms with Gasteiger partial charge in [0, 0.05) is 31.0 Å². The zero-order valence-corrected chi connectivity index (χ0v) is 19.7. The molecule has 1 aliphatic rings. The van der Waals surface area contributed by atoms with E-state index in [0.29, 0.717) is 11.1 Å². The Morgan fingerprint density at radius 3 is 2.52 bits per heavy atom. The van der Waals surface area contributed by atoms with E-state index in [0.717, 1.165) is 10.9 Å². The number of halogens is 2. The standard InChI is InChI=1S/C22H22F2N2O4S.C2H6/c1-14-10-15(12-26-21(27)18-11-16-6-9-25-13-19(16)30-18)2-3-20(14)31(28,29)17-4-7-22(23,24)8-5-17;1-2/h2-3,6,9-11,13,17H,4-5,7-8,12H2,1H3,(H,26,27);1-2H3. The summed E-state index contributed by atoms with van der Waals surface area (Å²) in [5.41, 5.74) is 1.76. The summed E-state index contributed by atoms with van der Waals surface area (Å²) in [5, 5.41) is 2.72. The molecule has 0 atom stereocenters. The van der Waals surface area contributed by atoms with Crippen LogP contribution in [0, 0.1) is 6.92 Å². The molecule has 0 aliphatic heterocycles. The normalized spacial score (nSPS) is 16.2. The van der Waals surface area contributed by atoms with Crippen LogP contribution in [0.1, 0.15) is 61.2 Å². The van der Waals surface area contributed by atoms with Crippen LogP contribution >= 0.6 is 0 Å². The highest BCUT2D eigenvalue weighted by Gasteiger charge is 2.40. The van der Waals surface area contributed by atoms with Crippen molar-refractivity contribution in [3.63, 3.8) is 0 Å². The zero-order chi connectivity index (χ0) is 24.2. The maximum atomic E-state index is 13.4.